The largest absolute Gasteiger partial charge is 0.469 e. The molecule has 0 aliphatic rings. The fraction of sp³-hybridized carbons (Fsp3) is 0.574. The van der Waals surface area contributed by atoms with Crippen LogP contribution < -0.4 is 0 Å². The molecule has 0 amide bonds. The quantitative estimate of drug-likeness (QED) is 0.0276. The van der Waals surface area contributed by atoms with E-state index in [4.69, 9.17) is 19.3 Å². The molecule has 9 heteroatoms. The van der Waals surface area contributed by atoms with E-state index in [9.17, 15) is 14.2 Å². The van der Waals surface area contributed by atoms with Crippen LogP contribution in [-0.4, -0.2) is 41.0 Å². The summed E-state index contributed by atoms with van der Waals surface area (Å²) in [5, 5.41) is 0. The molecule has 0 saturated heterocycles. The average molecular weight is 799 g/mol. The first-order chi connectivity index (χ1) is 27.3. The predicted octanol–water partition coefficient (Wildman–Crippen LogP) is 13.2. The Hall–Kier alpha value is -3.29. The van der Waals surface area contributed by atoms with Gasteiger partial charge in [0, 0.05) is 12.8 Å². The van der Waals surface area contributed by atoms with Crippen molar-refractivity contribution in [3.8, 4) is 0 Å². The zero-order valence-electron chi connectivity index (χ0n) is 34.7. The van der Waals surface area contributed by atoms with Crippen molar-refractivity contribution in [3.63, 3.8) is 0 Å². The molecule has 0 aliphatic carbocycles. The van der Waals surface area contributed by atoms with E-state index in [1.54, 1.807) is 0 Å². The molecule has 0 aromatic heterocycles. The first kappa shape index (κ1) is 52.7. The van der Waals surface area contributed by atoms with Crippen molar-refractivity contribution >= 4 is 19.8 Å². The Kier molecular flexibility index (Phi) is 38.9. The summed E-state index contributed by atoms with van der Waals surface area (Å²) in [5.74, 6) is -0.950. The number of hydrogen-bond donors (Lipinski definition) is 2. The molecule has 1 atom stereocenters. The molecule has 0 rings (SSSR count). The third-order valence-electron chi connectivity index (χ3n) is 8.29. The van der Waals surface area contributed by atoms with Crippen LogP contribution in [0.4, 0.5) is 0 Å². The molecule has 0 aliphatic heterocycles. The van der Waals surface area contributed by atoms with Crippen LogP contribution >= 0.6 is 7.82 Å². The van der Waals surface area contributed by atoms with Gasteiger partial charge in [-0.3, -0.25) is 14.1 Å². The van der Waals surface area contributed by atoms with E-state index in [0.29, 0.717) is 12.8 Å². The summed E-state index contributed by atoms with van der Waals surface area (Å²) in [7, 11) is -4.78. The molecule has 0 aromatic carbocycles. The van der Waals surface area contributed by atoms with E-state index >= 15 is 0 Å². The van der Waals surface area contributed by atoms with E-state index in [2.05, 4.69) is 128 Å². The number of phosphoric acid groups is 1. The van der Waals surface area contributed by atoms with Crippen LogP contribution in [0, 0.1) is 0 Å². The zero-order valence-corrected chi connectivity index (χ0v) is 35.6. The highest BCUT2D eigenvalue weighted by atomic mass is 31.2. The molecule has 1 unspecified atom stereocenters. The highest BCUT2D eigenvalue weighted by Crippen LogP contribution is 2.36. The minimum Gasteiger partial charge on any atom is -0.462 e. The Balaban J connectivity index is 4.04. The molecule has 0 heterocycles. The van der Waals surface area contributed by atoms with Gasteiger partial charge >= 0.3 is 19.8 Å². The van der Waals surface area contributed by atoms with E-state index < -0.39 is 32.5 Å². The summed E-state index contributed by atoms with van der Waals surface area (Å²) in [6, 6.07) is 0. The molecule has 0 spiro atoms. The van der Waals surface area contributed by atoms with Gasteiger partial charge in [0.2, 0.25) is 0 Å². The summed E-state index contributed by atoms with van der Waals surface area (Å²) in [6.45, 7) is 3.40. The van der Waals surface area contributed by atoms with Gasteiger partial charge in [0.25, 0.3) is 0 Å². The second-order valence-electron chi connectivity index (χ2n) is 13.5. The summed E-state index contributed by atoms with van der Waals surface area (Å²) < 4.78 is 26.4. The van der Waals surface area contributed by atoms with Crippen molar-refractivity contribution in [1.29, 1.82) is 0 Å². The number of carbonyl (C=O) groups excluding carboxylic acids is 2. The maximum Gasteiger partial charge on any atom is 0.469 e. The number of allylic oxidation sites excluding steroid dienone is 18. The second kappa shape index (κ2) is 41.3. The van der Waals surface area contributed by atoms with Gasteiger partial charge < -0.3 is 19.3 Å². The number of hydrogen-bond acceptors (Lipinski definition) is 6. The van der Waals surface area contributed by atoms with Gasteiger partial charge in [0.05, 0.1) is 6.61 Å². The van der Waals surface area contributed by atoms with Crippen LogP contribution in [0.2, 0.25) is 0 Å². The minimum atomic E-state index is -4.78. The number of carbonyl (C=O) groups is 2. The molecule has 0 radical (unpaired) electrons. The lowest BCUT2D eigenvalue weighted by molar-refractivity contribution is -0.161. The summed E-state index contributed by atoms with van der Waals surface area (Å²) in [6.07, 6.45) is 58.0. The SMILES string of the molecule is CC/C=C\C/C=C\C/C=C\C/C=C\C/C=C\CCCCCC(=O)OC(COC(=O)CCCCCCCC/C=C\C/C=C\C/C=C\C/C=C\CC)COP(=O)(O)O. The van der Waals surface area contributed by atoms with E-state index in [0.717, 1.165) is 116 Å². The van der Waals surface area contributed by atoms with Crippen molar-refractivity contribution in [2.24, 2.45) is 0 Å². The lowest BCUT2D eigenvalue weighted by Crippen LogP contribution is -2.29. The third-order valence-corrected chi connectivity index (χ3v) is 8.77. The molecular formula is C47H75O8P. The van der Waals surface area contributed by atoms with Gasteiger partial charge in [-0.05, 0) is 96.3 Å². The Bertz CT molecular complexity index is 1260. The summed E-state index contributed by atoms with van der Waals surface area (Å²) in [4.78, 5) is 42.9. The molecule has 2 N–H and O–H groups in total. The van der Waals surface area contributed by atoms with Gasteiger partial charge in [-0.15, -0.1) is 0 Å². The number of unbranched alkanes of at least 4 members (excludes halogenated alkanes) is 9. The fourth-order valence-corrected chi connectivity index (χ4v) is 5.57. The van der Waals surface area contributed by atoms with Crippen molar-refractivity contribution in [3.05, 3.63) is 109 Å². The molecule has 0 fully saturated rings. The lowest BCUT2D eigenvalue weighted by Gasteiger charge is -2.18. The number of ether oxygens (including phenoxy) is 2. The van der Waals surface area contributed by atoms with E-state index in [-0.39, 0.29) is 19.4 Å². The molecular weight excluding hydrogens is 723 g/mol. The molecule has 8 nitrogen and oxygen atoms in total. The van der Waals surface area contributed by atoms with Gasteiger partial charge in [0.1, 0.15) is 6.61 Å². The molecule has 0 bridgehead atoms. The maximum atomic E-state index is 12.4. The summed E-state index contributed by atoms with van der Waals surface area (Å²) >= 11 is 0. The van der Waals surface area contributed by atoms with Gasteiger partial charge in [-0.25, -0.2) is 4.57 Å². The Labute approximate surface area is 340 Å². The Morgan fingerprint density at radius 3 is 1.21 bits per heavy atom. The highest BCUT2D eigenvalue weighted by Gasteiger charge is 2.22. The highest BCUT2D eigenvalue weighted by molar-refractivity contribution is 7.46. The van der Waals surface area contributed by atoms with E-state index in [1.807, 2.05) is 0 Å². The minimum absolute atomic E-state index is 0.162. The van der Waals surface area contributed by atoms with Crippen molar-refractivity contribution in [1.82, 2.24) is 0 Å². The number of esters is 2. The van der Waals surface area contributed by atoms with Crippen LogP contribution in [-0.2, 0) is 28.2 Å². The number of rotatable bonds is 37. The number of phosphoric ester groups is 1. The van der Waals surface area contributed by atoms with Gasteiger partial charge in [-0.2, -0.15) is 0 Å². The third kappa shape index (κ3) is 43.4. The van der Waals surface area contributed by atoms with Gasteiger partial charge in [-0.1, -0.05) is 155 Å². The van der Waals surface area contributed by atoms with Crippen LogP contribution in [0.5, 0.6) is 0 Å². The topological polar surface area (TPSA) is 119 Å². The molecule has 316 valence electrons. The van der Waals surface area contributed by atoms with Gasteiger partial charge in [0.15, 0.2) is 6.10 Å². The summed E-state index contributed by atoms with van der Waals surface area (Å²) in [5.41, 5.74) is 0. The fourth-order valence-electron chi connectivity index (χ4n) is 5.21. The average Bonchev–Trinajstić information content (AvgIpc) is 3.17. The lowest BCUT2D eigenvalue weighted by atomic mass is 10.1. The smallest absolute Gasteiger partial charge is 0.462 e. The van der Waals surface area contributed by atoms with Crippen molar-refractivity contribution in [2.75, 3.05) is 13.2 Å². The Morgan fingerprint density at radius 1 is 0.464 bits per heavy atom. The van der Waals surface area contributed by atoms with Crippen LogP contribution in [0.25, 0.3) is 0 Å². The predicted molar refractivity (Wildman–Crippen MR) is 234 cm³/mol. The van der Waals surface area contributed by atoms with Crippen molar-refractivity contribution < 1.29 is 37.9 Å². The van der Waals surface area contributed by atoms with Crippen molar-refractivity contribution in [2.45, 2.75) is 161 Å². The molecule has 56 heavy (non-hydrogen) atoms. The first-order valence-corrected chi connectivity index (χ1v) is 22.7. The molecule has 0 aromatic rings. The maximum absolute atomic E-state index is 12.4. The van der Waals surface area contributed by atoms with Crippen LogP contribution in [0.1, 0.15) is 155 Å². The van der Waals surface area contributed by atoms with Crippen LogP contribution in [0.3, 0.4) is 0 Å². The Morgan fingerprint density at radius 2 is 0.804 bits per heavy atom. The second-order valence-corrected chi connectivity index (χ2v) is 14.8. The van der Waals surface area contributed by atoms with Crippen LogP contribution in [0.15, 0.2) is 109 Å². The zero-order chi connectivity index (χ0) is 41.1. The normalized spacial score (nSPS) is 13.6. The van der Waals surface area contributed by atoms with E-state index in [1.165, 1.54) is 0 Å². The first-order valence-electron chi connectivity index (χ1n) is 21.2. The monoisotopic (exact) mass is 799 g/mol. The standard InChI is InChI=1S/C47H75O8P/c1-3-5-7-9-11-13-15-17-19-21-23-25-27-29-31-33-35-37-39-41-46(48)53-43-45(44-54-56(50,51)52)55-47(49)42-40-38-36-34-32-30-28-26-24-22-20-18-16-14-12-10-8-6-4-2/h5-8,11-14,17-20,23-26,30,32,45H,3-4,9-10,15-16,21-22,27-29,31,33-44H2,1-2H3,(H2,50,51,52)/b7-5-,8-6-,13-11-,14-12-,19-17-,20-18-,25-23-,26-24-,32-30-. The molecule has 0 saturated carbocycles.